The summed E-state index contributed by atoms with van der Waals surface area (Å²) in [6.45, 7) is 3.42. The Morgan fingerprint density at radius 2 is 1.95 bits per heavy atom. The number of nitrogens with zero attached hydrogens (tertiary/aromatic N) is 2. The first-order valence-corrected chi connectivity index (χ1v) is 7.60. The fourth-order valence-corrected chi connectivity index (χ4v) is 3.95. The second kappa shape index (κ2) is 4.83. The molecule has 2 rings (SSSR count). The van der Waals surface area contributed by atoms with Gasteiger partial charge >= 0.3 is 5.97 Å². The van der Waals surface area contributed by atoms with E-state index >= 15 is 0 Å². The molecule has 0 radical (unpaired) electrons. The molecule has 1 fully saturated rings. The number of piperidine rings is 1. The summed E-state index contributed by atoms with van der Waals surface area (Å²) < 4.78 is 26.2. The molecule has 1 saturated heterocycles. The Balaban J connectivity index is 2.37. The topological polar surface area (TPSA) is 124 Å². The number of aromatic amines is 1. The molecule has 0 bridgehead atoms. The first-order valence-electron chi connectivity index (χ1n) is 6.16. The van der Waals surface area contributed by atoms with Crippen LogP contribution in [0.3, 0.4) is 0 Å². The Bertz CT molecular complexity index is 624. The van der Waals surface area contributed by atoms with Crippen LogP contribution in [-0.2, 0) is 10.0 Å². The third kappa shape index (κ3) is 2.56. The smallest absolute Gasteiger partial charge is 0.357 e. The fourth-order valence-electron chi connectivity index (χ4n) is 2.22. The molecule has 1 aromatic heterocycles. The van der Waals surface area contributed by atoms with Gasteiger partial charge in [0, 0.05) is 13.1 Å². The molecule has 0 atom stereocenters. The average Bonchev–Trinajstić information content (AvgIpc) is 2.71. The standard InChI is InChI=1S/C11H17N3O5S/c1-7-9(8(10(15)16)13-12-7)20(18,19)14-5-3-11(2,17)4-6-14/h17H,3-6H2,1-2H3,(H,12,13)(H,15,16). The maximum absolute atomic E-state index is 12.5. The summed E-state index contributed by atoms with van der Waals surface area (Å²) in [6.07, 6.45) is 0.622. The predicted octanol–water partition coefficient (Wildman–Crippen LogP) is -0.0482. The number of carbonyl (C=O) groups is 1. The van der Waals surface area contributed by atoms with Crippen molar-refractivity contribution < 1.29 is 23.4 Å². The van der Waals surface area contributed by atoms with Crippen molar-refractivity contribution in [1.29, 1.82) is 0 Å². The second-order valence-corrected chi connectivity index (χ2v) is 7.11. The van der Waals surface area contributed by atoms with Gasteiger partial charge in [-0.25, -0.2) is 13.2 Å². The second-order valence-electron chi connectivity index (χ2n) is 5.23. The van der Waals surface area contributed by atoms with E-state index in [0.717, 1.165) is 0 Å². The third-order valence-corrected chi connectivity index (χ3v) is 5.55. The molecule has 112 valence electrons. The first kappa shape index (κ1) is 14.9. The van der Waals surface area contributed by atoms with Crippen molar-refractivity contribution in [3.05, 3.63) is 11.4 Å². The third-order valence-electron chi connectivity index (χ3n) is 3.49. The van der Waals surface area contributed by atoms with Gasteiger partial charge in [-0.15, -0.1) is 0 Å². The van der Waals surface area contributed by atoms with Crippen LogP contribution in [0.5, 0.6) is 0 Å². The largest absolute Gasteiger partial charge is 0.476 e. The number of rotatable bonds is 3. The molecule has 9 heteroatoms. The Morgan fingerprint density at radius 1 is 1.40 bits per heavy atom. The highest BCUT2D eigenvalue weighted by Crippen LogP contribution is 2.28. The molecule has 0 amide bonds. The number of hydrogen-bond acceptors (Lipinski definition) is 5. The highest BCUT2D eigenvalue weighted by molar-refractivity contribution is 7.89. The lowest BCUT2D eigenvalue weighted by molar-refractivity contribution is 0.0125. The summed E-state index contributed by atoms with van der Waals surface area (Å²) >= 11 is 0. The minimum atomic E-state index is -3.93. The van der Waals surface area contributed by atoms with Crippen LogP contribution >= 0.6 is 0 Å². The molecule has 0 unspecified atom stereocenters. The average molecular weight is 303 g/mol. The van der Waals surface area contributed by atoms with Gasteiger partial charge in [-0.05, 0) is 26.7 Å². The molecule has 0 aliphatic carbocycles. The van der Waals surface area contributed by atoms with Gasteiger partial charge in [0.05, 0.1) is 11.3 Å². The van der Waals surface area contributed by atoms with E-state index in [4.69, 9.17) is 5.11 Å². The molecule has 3 N–H and O–H groups in total. The van der Waals surface area contributed by atoms with E-state index in [1.807, 2.05) is 0 Å². The number of aliphatic hydroxyl groups is 1. The van der Waals surface area contributed by atoms with Crippen molar-refractivity contribution in [2.75, 3.05) is 13.1 Å². The summed E-state index contributed by atoms with van der Waals surface area (Å²) in [6, 6.07) is 0. The number of sulfonamides is 1. The van der Waals surface area contributed by atoms with Gasteiger partial charge in [0.1, 0.15) is 4.90 Å². The van der Waals surface area contributed by atoms with E-state index in [9.17, 15) is 18.3 Å². The zero-order valence-corrected chi connectivity index (χ0v) is 12.1. The Morgan fingerprint density at radius 3 is 2.45 bits per heavy atom. The lowest BCUT2D eigenvalue weighted by Gasteiger charge is -2.34. The molecular weight excluding hydrogens is 286 g/mol. The van der Waals surface area contributed by atoms with Crippen LogP contribution in [-0.4, -0.2) is 57.8 Å². The maximum Gasteiger partial charge on any atom is 0.357 e. The number of H-pyrrole nitrogens is 1. The molecule has 0 aromatic carbocycles. The van der Waals surface area contributed by atoms with Crippen LogP contribution in [0.15, 0.2) is 4.90 Å². The molecule has 20 heavy (non-hydrogen) atoms. The van der Waals surface area contributed by atoms with Crippen LogP contribution in [0.1, 0.15) is 35.9 Å². The Labute approximate surface area is 116 Å². The van der Waals surface area contributed by atoms with Crippen molar-refractivity contribution in [3.8, 4) is 0 Å². The lowest BCUT2D eigenvalue weighted by Crippen LogP contribution is -2.45. The van der Waals surface area contributed by atoms with E-state index < -0.39 is 27.3 Å². The number of aryl methyl sites for hydroxylation is 1. The number of aromatic carboxylic acids is 1. The fraction of sp³-hybridized carbons (Fsp3) is 0.636. The zero-order valence-electron chi connectivity index (χ0n) is 11.3. The molecule has 0 spiro atoms. The highest BCUT2D eigenvalue weighted by atomic mass is 32.2. The van der Waals surface area contributed by atoms with Crippen molar-refractivity contribution in [2.24, 2.45) is 0 Å². The molecule has 1 aliphatic rings. The van der Waals surface area contributed by atoms with Gasteiger partial charge < -0.3 is 10.2 Å². The summed E-state index contributed by atoms with van der Waals surface area (Å²) in [7, 11) is -3.93. The van der Waals surface area contributed by atoms with Crippen LogP contribution in [0.2, 0.25) is 0 Å². The SMILES string of the molecule is Cc1[nH]nc(C(=O)O)c1S(=O)(=O)N1CCC(C)(O)CC1. The predicted molar refractivity (Wildman–Crippen MR) is 68.9 cm³/mol. The number of carboxylic acid groups (broad SMARTS) is 1. The highest BCUT2D eigenvalue weighted by Gasteiger charge is 2.37. The molecule has 2 heterocycles. The van der Waals surface area contributed by atoms with E-state index in [0.29, 0.717) is 12.8 Å². The molecular formula is C11H17N3O5S. The van der Waals surface area contributed by atoms with Gasteiger partial charge in [-0.3, -0.25) is 5.10 Å². The van der Waals surface area contributed by atoms with Crippen LogP contribution in [0.4, 0.5) is 0 Å². The van der Waals surface area contributed by atoms with Crippen molar-refractivity contribution in [1.82, 2.24) is 14.5 Å². The van der Waals surface area contributed by atoms with E-state index in [1.165, 1.54) is 11.2 Å². The number of nitrogens with one attached hydrogen (secondary N) is 1. The summed E-state index contributed by atoms with van der Waals surface area (Å²) in [4.78, 5) is 10.8. The summed E-state index contributed by atoms with van der Waals surface area (Å²) in [5, 5.41) is 24.8. The van der Waals surface area contributed by atoms with Crippen LogP contribution < -0.4 is 0 Å². The minimum absolute atomic E-state index is 0.152. The maximum atomic E-state index is 12.5. The number of aromatic nitrogens is 2. The zero-order chi connectivity index (χ0) is 15.1. The Hall–Kier alpha value is -1.45. The Kier molecular flexibility index (Phi) is 3.61. The van der Waals surface area contributed by atoms with E-state index in [2.05, 4.69) is 10.2 Å². The van der Waals surface area contributed by atoms with Crippen molar-refractivity contribution in [3.63, 3.8) is 0 Å². The van der Waals surface area contributed by atoms with Gasteiger partial charge in [0.25, 0.3) is 0 Å². The van der Waals surface area contributed by atoms with Gasteiger partial charge in [-0.2, -0.15) is 9.40 Å². The monoisotopic (exact) mass is 303 g/mol. The number of carboxylic acids is 1. The molecule has 8 nitrogen and oxygen atoms in total. The molecule has 0 saturated carbocycles. The minimum Gasteiger partial charge on any atom is -0.476 e. The van der Waals surface area contributed by atoms with Crippen molar-refractivity contribution >= 4 is 16.0 Å². The van der Waals surface area contributed by atoms with Gasteiger partial charge in [0.15, 0.2) is 5.69 Å². The van der Waals surface area contributed by atoms with Crippen molar-refractivity contribution in [2.45, 2.75) is 37.2 Å². The first-order chi connectivity index (χ1) is 9.15. The lowest BCUT2D eigenvalue weighted by atomic mass is 9.95. The van der Waals surface area contributed by atoms with E-state index in [1.54, 1.807) is 6.92 Å². The summed E-state index contributed by atoms with van der Waals surface area (Å²) in [5.41, 5.74) is -1.19. The molecule has 1 aliphatic heterocycles. The van der Waals surface area contributed by atoms with Gasteiger partial charge in [-0.1, -0.05) is 0 Å². The van der Waals surface area contributed by atoms with Crippen LogP contribution in [0, 0.1) is 6.92 Å². The number of hydrogen-bond donors (Lipinski definition) is 3. The van der Waals surface area contributed by atoms with Gasteiger partial charge in [0.2, 0.25) is 10.0 Å². The quantitative estimate of drug-likeness (QED) is 0.719. The summed E-state index contributed by atoms with van der Waals surface area (Å²) in [5.74, 6) is -1.39. The molecule has 1 aromatic rings. The normalized spacial score (nSPS) is 19.9. The van der Waals surface area contributed by atoms with Crippen LogP contribution in [0.25, 0.3) is 0 Å². The van der Waals surface area contributed by atoms with E-state index in [-0.39, 0.29) is 23.7 Å².